The first kappa shape index (κ1) is 21.5. The molecule has 3 heterocycles. The number of nitrogens with zero attached hydrogens (tertiary/aromatic N) is 3. The van der Waals surface area contributed by atoms with Crippen molar-refractivity contribution in [1.82, 2.24) is 19.9 Å². The van der Waals surface area contributed by atoms with E-state index in [4.69, 9.17) is 0 Å². The van der Waals surface area contributed by atoms with Gasteiger partial charge in [-0.3, -0.25) is 0 Å². The maximum absolute atomic E-state index is 14.0. The summed E-state index contributed by atoms with van der Waals surface area (Å²) in [4.78, 5) is 4.48. The molecule has 3 aromatic rings. The molecule has 0 spiro atoms. The highest BCUT2D eigenvalue weighted by Gasteiger charge is 2.29. The van der Waals surface area contributed by atoms with Gasteiger partial charge in [-0.25, -0.2) is 18.3 Å². The van der Waals surface area contributed by atoms with Gasteiger partial charge in [0.15, 0.2) is 0 Å². The van der Waals surface area contributed by atoms with E-state index in [1.54, 1.807) is 16.9 Å². The van der Waals surface area contributed by atoms with Gasteiger partial charge in [0.25, 0.3) is 0 Å². The van der Waals surface area contributed by atoms with Gasteiger partial charge in [0.05, 0.1) is 11.1 Å². The Kier molecular flexibility index (Phi) is 6.06. The molecule has 0 bridgehead atoms. The quantitative estimate of drug-likeness (QED) is 0.415. The predicted octanol–water partition coefficient (Wildman–Crippen LogP) is 3.58. The standard InChI is InChI=1S/C22H28F2N6O/c1-22(2,31)20(24)13-25-11-14-12-26-21(10-19(14)28-17-7-15(23)8-17)29-16-4-6-30-18(9-16)3-5-27-30/h3-6,9-10,12,15,17,20,25,31H,7-8,11,13H2,1-2H3,(H2,26,28,29). The third-order valence-corrected chi connectivity index (χ3v) is 5.50. The zero-order valence-corrected chi connectivity index (χ0v) is 17.6. The number of hydrogen-bond donors (Lipinski definition) is 4. The number of aliphatic hydroxyl groups is 1. The Morgan fingerprint density at radius 1 is 1.29 bits per heavy atom. The monoisotopic (exact) mass is 430 g/mol. The van der Waals surface area contributed by atoms with Gasteiger partial charge >= 0.3 is 0 Å². The van der Waals surface area contributed by atoms with Gasteiger partial charge in [0.1, 0.15) is 18.2 Å². The zero-order chi connectivity index (χ0) is 22.0. The summed E-state index contributed by atoms with van der Waals surface area (Å²) < 4.78 is 29.1. The fourth-order valence-corrected chi connectivity index (χ4v) is 3.44. The molecule has 1 fully saturated rings. The Balaban J connectivity index is 1.47. The van der Waals surface area contributed by atoms with Crippen molar-refractivity contribution in [2.75, 3.05) is 17.2 Å². The Bertz CT molecular complexity index is 1030. The first-order valence-electron chi connectivity index (χ1n) is 10.4. The van der Waals surface area contributed by atoms with Gasteiger partial charge in [-0.05, 0) is 44.9 Å². The summed E-state index contributed by atoms with van der Waals surface area (Å²) >= 11 is 0. The highest BCUT2D eigenvalue weighted by atomic mass is 19.1. The molecule has 0 radical (unpaired) electrons. The van der Waals surface area contributed by atoms with E-state index >= 15 is 0 Å². The van der Waals surface area contributed by atoms with Crippen molar-refractivity contribution in [1.29, 1.82) is 0 Å². The summed E-state index contributed by atoms with van der Waals surface area (Å²) in [7, 11) is 0. The van der Waals surface area contributed by atoms with Crippen LogP contribution in [0.1, 0.15) is 32.3 Å². The van der Waals surface area contributed by atoms with Crippen LogP contribution in [0.5, 0.6) is 0 Å². The van der Waals surface area contributed by atoms with E-state index in [1.165, 1.54) is 13.8 Å². The normalized spacial score (nSPS) is 19.8. The number of pyridine rings is 2. The summed E-state index contributed by atoms with van der Waals surface area (Å²) in [5, 5.41) is 23.6. The number of hydrogen-bond acceptors (Lipinski definition) is 6. The number of halogens is 2. The molecule has 1 aliphatic carbocycles. The van der Waals surface area contributed by atoms with Gasteiger partial charge < -0.3 is 21.1 Å². The van der Waals surface area contributed by atoms with Gasteiger partial charge in [-0.15, -0.1) is 0 Å². The Morgan fingerprint density at radius 3 is 2.84 bits per heavy atom. The van der Waals surface area contributed by atoms with Gasteiger partial charge in [-0.2, -0.15) is 5.10 Å². The Hall–Kier alpha value is -2.78. The van der Waals surface area contributed by atoms with E-state index in [-0.39, 0.29) is 12.6 Å². The lowest BCUT2D eigenvalue weighted by Gasteiger charge is -2.32. The molecule has 0 aliphatic heterocycles. The molecule has 0 amide bonds. The van der Waals surface area contributed by atoms with Crippen LogP contribution >= 0.6 is 0 Å². The van der Waals surface area contributed by atoms with E-state index in [0.29, 0.717) is 25.2 Å². The molecule has 7 nitrogen and oxygen atoms in total. The molecule has 31 heavy (non-hydrogen) atoms. The number of aromatic nitrogens is 3. The molecule has 9 heteroatoms. The number of rotatable bonds is 9. The largest absolute Gasteiger partial charge is 0.387 e. The van der Waals surface area contributed by atoms with E-state index in [9.17, 15) is 13.9 Å². The summed E-state index contributed by atoms with van der Waals surface area (Å²) in [5.74, 6) is 0.645. The number of anilines is 3. The topological polar surface area (TPSA) is 86.5 Å². The highest BCUT2D eigenvalue weighted by molar-refractivity contribution is 5.66. The van der Waals surface area contributed by atoms with Gasteiger partial charge in [-0.1, -0.05) is 0 Å². The van der Waals surface area contributed by atoms with Crippen molar-refractivity contribution in [3.63, 3.8) is 0 Å². The second kappa shape index (κ2) is 8.76. The molecule has 1 unspecified atom stereocenters. The third kappa shape index (κ3) is 5.29. The molecule has 0 saturated heterocycles. The van der Waals surface area contributed by atoms with Crippen molar-refractivity contribution in [3.8, 4) is 0 Å². The average molecular weight is 431 g/mol. The average Bonchev–Trinajstić information content (AvgIpc) is 3.15. The van der Waals surface area contributed by atoms with E-state index in [0.717, 1.165) is 22.5 Å². The summed E-state index contributed by atoms with van der Waals surface area (Å²) in [5.41, 5.74) is 2.10. The molecule has 1 atom stereocenters. The zero-order valence-electron chi connectivity index (χ0n) is 17.6. The molecule has 0 aromatic carbocycles. The summed E-state index contributed by atoms with van der Waals surface area (Å²) in [6.07, 6.45) is 4.11. The van der Waals surface area contributed by atoms with Gasteiger partial charge in [0.2, 0.25) is 0 Å². The first-order chi connectivity index (χ1) is 14.8. The third-order valence-electron chi connectivity index (χ3n) is 5.50. The molecular formula is C22H28F2N6O. The highest BCUT2D eigenvalue weighted by Crippen LogP contribution is 2.30. The van der Waals surface area contributed by atoms with E-state index < -0.39 is 17.9 Å². The lowest BCUT2D eigenvalue weighted by Crippen LogP contribution is -2.40. The minimum atomic E-state index is -1.40. The number of fused-ring (bicyclic) bond motifs is 1. The van der Waals surface area contributed by atoms with Crippen LogP contribution in [0.4, 0.5) is 26.0 Å². The van der Waals surface area contributed by atoms with E-state index in [2.05, 4.69) is 26.0 Å². The number of alkyl halides is 2. The van der Waals surface area contributed by atoms with Crippen molar-refractivity contribution in [3.05, 3.63) is 48.4 Å². The molecule has 4 N–H and O–H groups in total. The van der Waals surface area contributed by atoms with Gasteiger partial charge in [0, 0.05) is 60.7 Å². The van der Waals surface area contributed by atoms with Crippen molar-refractivity contribution in [2.45, 2.75) is 57.2 Å². The number of nitrogens with one attached hydrogen (secondary N) is 3. The van der Waals surface area contributed by atoms with Crippen LogP contribution in [-0.4, -0.2) is 50.2 Å². The van der Waals surface area contributed by atoms with Crippen LogP contribution in [0, 0.1) is 0 Å². The second-order valence-electron chi connectivity index (χ2n) is 8.63. The Morgan fingerprint density at radius 2 is 2.10 bits per heavy atom. The predicted molar refractivity (Wildman–Crippen MR) is 117 cm³/mol. The minimum Gasteiger partial charge on any atom is -0.387 e. The first-order valence-corrected chi connectivity index (χ1v) is 10.4. The maximum Gasteiger partial charge on any atom is 0.140 e. The Labute approximate surface area is 179 Å². The van der Waals surface area contributed by atoms with Crippen molar-refractivity contribution < 1.29 is 13.9 Å². The summed E-state index contributed by atoms with van der Waals surface area (Å²) in [6, 6.07) is 7.73. The molecule has 166 valence electrons. The van der Waals surface area contributed by atoms with Crippen molar-refractivity contribution >= 4 is 22.7 Å². The SMILES string of the molecule is CC(C)(O)C(F)CNCc1cnc(Nc2ccn3nccc3c2)cc1NC1CC(F)C1. The van der Waals surface area contributed by atoms with E-state index in [1.807, 2.05) is 30.5 Å². The lowest BCUT2D eigenvalue weighted by molar-refractivity contribution is -0.00238. The van der Waals surface area contributed by atoms with Crippen LogP contribution in [0.15, 0.2) is 42.9 Å². The van der Waals surface area contributed by atoms with Crippen LogP contribution in [0.25, 0.3) is 5.52 Å². The van der Waals surface area contributed by atoms with Crippen LogP contribution in [0.3, 0.4) is 0 Å². The smallest absolute Gasteiger partial charge is 0.140 e. The fourth-order valence-electron chi connectivity index (χ4n) is 3.44. The van der Waals surface area contributed by atoms with Crippen LogP contribution < -0.4 is 16.0 Å². The molecular weight excluding hydrogens is 402 g/mol. The fraction of sp³-hybridized carbons (Fsp3) is 0.455. The lowest BCUT2D eigenvalue weighted by atomic mass is 9.90. The van der Waals surface area contributed by atoms with Crippen LogP contribution in [0.2, 0.25) is 0 Å². The maximum atomic E-state index is 14.0. The summed E-state index contributed by atoms with van der Waals surface area (Å²) in [6.45, 7) is 3.28. The molecule has 1 saturated carbocycles. The molecule has 1 aliphatic rings. The van der Waals surface area contributed by atoms with Crippen LogP contribution in [-0.2, 0) is 6.54 Å². The minimum absolute atomic E-state index is 0.0181. The second-order valence-corrected chi connectivity index (χ2v) is 8.63. The molecule has 3 aromatic heterocycles. The van der Waals surface area contributed by atoms with Crippen molar-refractivity contribution in [2.24, 2.45) is 0 Å². The molecule has 4 rings (SSSR count).